The first kappa shape index (κ1) is 20.7. The van der Waals surface area contributed by atoms with Gasteiger partial charge in [0.15, 0.2) is 11.6 Å². The van der Waals surface area contributed by atoms with Crippen molar-refractivity contribution < 1.29 is 9.32 Å². The van der Waals surface area contributed by atoms with Crippen LogP contribution in [0.15, 0.2) is 34.9 Å². The Balaban J connectivity index is 1.43. The van der Waals surface area contributed by atoms with Gasteiger partial charge in [0.2, 0.25) is 0 Å². The molecule has 4 rings (SSSR count). The molecule has 1 aliphatic heterocycles. The Morgan fingerprint density at radius 2 is 1.80 bits per heavy atom. The van der Waals surface area contributed by atoms with Gasteiger partial charge in [-0.2, -0.15) is 0 Å². The highest BCUT2D eigenvalue weighted by atomic mass is 35.5. The summed E-state index contributed by atoms with van der Waals surface area (Å²) in [5.41, 5.74) is 5.03. The molecule has 158 valence electrons. The van der Waals surface area contributed by atoms with Crippen LogP contribution in [0.1, 0.15) is 33.1 Å². The molecule has 1 aromatic carbocycles. The van der Waals surface area contributed by atoms with Gasteiger partial charge in [-0.3, -0.25) is 14.3 Å². The molecule has 1 aliphatic rings. The first-order valence-corrected chi connectivity index (χ1v) is 10.6. The van der Waals surface area contributed by atoms with Gasteiger partial charge < -0.3 is 9.42 Å². The number of piperazine rings is 1. The molecule has 0 radical (unpaired) electrons. The van der Waals surface area contributed by atoms with Crippen molar-refractivity contribution >= 4 is 23.1 Å². The lowest BCUT2D eigenvalue weighted by Crippen LogP contribution is -2.48. The Morgan fingerprint density at radius 3 is 2.47 bits per heavy atom. The van der Waals surface area contributed by atoms with Crippen molar-refractivity contribution in [1.82, 2.24) is 14.6 Å². The highest BCUT2D eigenvalue weighted by molar-refractivity contribution is 6.30. The summed E-state index contributed by atoms with van der Waals surface area (Å²) in [4.78, 5) is 17.6. The molecule has 0 N–H and O–H groups in total. The van der Waals surface area contributed by atoms with E-state index in [1.165, 1.54) is 11.3 Å². The number of carbonyl (C=O) groups is 1. The number of halogens is 1. The van der Waals surface area contributed by atoms with Crippen molar-refractivity contribution in [2.24, 2.45) is 0 Å². The number of Topliss-reactive ketones (excluding diaryl/α,β-unsaturated/α-hetero) is 1. The second-order valence-corrected chi connectivity index (χ2v) is 8.47. The molecule has 7 heteroatoms. The van der Waals surface area contributed by atoms with Crippen LogP contribution < -0.4 is 4.90 Å². The van der Waals surface area contributed by atoms with E-state index < -0.39 is 0 Å². The number of anilines is 1. The molecule has 2 aromatic heterocycles. The third-order valence-electron chi connectivity index (χ3n) is 5.83. The van der Waals surface area contributed by atoms with Crippen molar-refractivity contribution in [3.63, 3.8) is 0 Å². The van der Waals surface area contributed by atoms with Gasteiger partial charge in [-0.25, -0.2) is 0 Å². The molecular weight excluding hydrogens is 400 g/mol. The van der Waals surface area contributed by atoms with Crippen molar-refractivity contribution in [2.75, 3.05) is 37.6 Å². The molecule has 6 nitrogen and oxygen atoms in total. The van der Waals surface area contributed by atoms with Crippen LogP contribution >= 0.6 is 11.6 Å². The van der Waals surface area contributed by atoms with Gasteiger partial charge in [0.05, 0.1) is 6.54 Å². The maximum absolute atomic E-state index is 13.1. The summed E-state index contributed by atoms with van der Waals surface area (Å²) in [7, 11) is 0. The summed E-state index contributed by atoms with van der Waals surface area (Å²) in [5.74, 6) is 1.60. The standard InChI is InChI=1S/C23H27ClN4O2/c1-15-5-6-19(24)13-21(15)27-9-7-26(8-10-27)14-22(29)20-11-16(2)28(18(20)4)23-12-17(3)30-25-23/h5-6,11-13H,7-10,14H2,1-4H3. The molecule has 0 amide bonds. The van der Waals surface area contributed by atoms with E-state index in [4.69, 9.17) is 16.1 Å². The lowest BCUT2D eigenvalue weighted by Gasteiger charge is -2.36. The maximum Gasteiger partial charge on any atom is 0.180 e. The van der Waals surface area contributed by atoms with Gasteiger partial charge in [0, 0.05) is 59.9 Å². The predicted octanol–water partition coefficient (Wildman–Crippen LogP) is 4.36. The molecule has 1 fully saturated rings. The lowest BCUT2D eigenvalue weighted by molar-refractivity contribution is 0.0925. The van der Waals surface area contributed by atoms with Crippen LogP contribution in [0.5, 0.6) is 0 Å². The van der Waals surface area contributed by atoms with Gasteiger partial charge in [0.25, 0.3) is 0 Å². The van der Waals surface area contributed by atoms with Crippen LogP contribution in [-0.4, -0.2) is 53.1 Å². The predicted molar refractivity (Wildman–Crippen MR) is 119 cm³/mol. The minimum atomic E-state index is 0.141. The van der Waals surface area contributed by atoms with Crippen LogP contribution in [0, 0.1) is 27.7 Å². The van der Waals surface area contributed by atoms with E-state index in [-0.39, 0.29) is 5.78 Å². The summed E-state index contributed by atoms with van der Waals surface area (Å²) >= 11 is 6.18. The molecule has 0 atom stereocenters. The Morgan fingerprint density at radius 1 is 1.07 bits per heavy atom. The highest BCUT2D eigenvalue weighted by Gasteiger charge is 2.23. The van der Waals surface area contributed by atoms with Crippen molar-refractivity contribution in [3.8, 4) is 5.82 Å². The second kappa shape index (κ2) is 8.28. The van der Waals surface area contributed by atoms with E-state index in [0.717, 1.165) is 53.9 Å². The number of nitrogens with zero attached hydrogens (tertiary/aromatic N) is 4. The minimum absolute atomic E-state index is 0.141. The van der Waals surface area contributed by atoms with E-state index in [1.54, 1.807) is 0 Å². The average Bonchev–Trinajstić information content (AvgIpc) is 3.26. The second-order valence-electron chi connectivity index (χ2n) is 8.03. The van der Waals surface area contributed by atoms with Crippen LogP contribution in [0.25, 0.3) is 5.82 Å². The number of hydrogen-bond donors (Lipinski definition) is 0. The fourth-order valence-electron chi connectivity index (χ4n) is 4.21. The van der Waals surface area contributed by atoms with E-state index >= 15 is 0 Å². The summed E-state index contributed by atoms with van der Waals surface area (Å²) in [6.07, 6.45) is 0. The molecular formula is C23H27ClN4O2. The first-order valence-electron chi connectivity index (χ1n) is 10.2. The number of benzene rings is 1. The molecule has 0 spiro atoms. The number of hydrogen-bond acceptors (Lipinski definition) is 5. The fraction of sp³-hybridized carbons (Fsp3) is 0.391. The van der Waals surface area contributed by atoms with Crippen LogP contribution in [0.4, 0.5) is 5.69 Å². The summed E-state index contributed by atoms with van der Waals surface area (Å²) in [6.45, 7) is 11.8. The number of carbonyl (C=O) groups excluding carboxylic acids is 1. The largest absolute Gasteiger partial charge is 0.369 e. The van der Waals surface area contributed by atoms with Crippen LogP contribution in [-0.2, 0) is 0 Å². The van der Waals surface area contributed by atoms with Gasteiger partial charge in [0.1, 0.15) is 5.76 Å². The van der Waals surface area contributed by atoms with Gasteiger partial charge >= 0.3 is 0 Å². The van der Waals surface area contributed by atoms with Gasteiger partial charge in [-0.05, 0) is 51.5 Å². The molecule has 0 unspecified atom stereocenters. The number of rotatable bonds is 5. The maximum atomic E-state index is 13.1. The SMILES string of the molecule is Cc1cc(-n2c(C)cc(C(=O)CN3CCN(c4cc(Cl)ccc4C)CC3)c2C)no1. The molecule has 3 heterocycles. The quantitative estimate of drug-likeness (QED) is 0.567. The smallest absolute Gasteiger partial charge is 0.180 e. The molecule has 1 saturated heterocycles. The fourth-order valence-corrected chi connectivity index (χ4v) is 4.38. The zero-order valence-corrected chi connectivity index (χ0v) is 18.7. The summed E-state index contributed by atoms with van der Waals surface area (Å²) in [5, 5.41) is 4.85. The number of aryl methyl sites for hydroxylation is 3. The van der Waals surface area contributed by atoms with E-state index in [2.05, 4.69) is 27.9 Å². The monoisotopic (exact) mass is 426 g/mol. The topological polar surface area (TPSA) is 54.5 Å². The molecule has 0 saturated carbocycles. The Hall–Kier alpha value is -2.57. The average molecular weight is 427 g/mol. The van der Waals surface area contributed by atoms with Crippen LogP contribution in [0.2, 0.25) is 5.02 Å². The van der Waals surface area contributed by atoms with Gasteiger partial charge in [-0.15, -0.1) is 0 Å². The summed E-state index contributed by atoms with van der Waals surface area (Å²) < 4.78 is 7.18. The number of aromatic nitrogens is 2. The van der Waals surface area contributed by atoms with Gasteiger partial charge in [-0.1, -0.05) is 22.8 Å². The zero-order chi connectivity index (χ0) is 21.4. The normalized spacial score (nSPS) is 15.0. The Labute approximate surface area is 182 Å². The van der Waals surface area contributed by atoms with E-state index in [0.29, 0.717) is 12.4 Å². The zero-order valence-electron chi connectivity index (χ0n) is 17.9. The Bertz CT molecular complexity index is 1080. The lowest BCUT2D eigenvalue weighted by atomic mass is 10.1. The third-order valence-corrected chi connectivity index (χ3v) is 6.06. The number of ketones is 1. The molecule has 3 aromatic rings. The van der Waals surface area contributed by atoms with Crippen LogP contribution in [0.3, 0.4) is 0 Å². The Kier molecular flexibility index (Phi) is 5.71. The van der Waals surface area contributed by atoms with Crippen molar-refractivity contribution in [1.29, 1.82) is 0 Å². The molecule has 0 bridgehead atoms. The summed E-state index contributed by atoms with van der Waals surface area (Å²) in [6, 6.07) is 9.84. The third kappa shape index (κ3) is 4.02. The molecule has 30 heavy (non-hydrogen) atoms. The van der Waals surface area contributed by atoms with E-state index in [1.807, 2.05) is 49.6 Å². The highest BCUT2D eigenvalue weighted by Crippen LogP contribution is 2.26. The molecule has 0 aliphatic carbocycles. The van der Waals surface area contributed by atoms with E-state index in [9.17, 15) is 4.79 Å². The van der Waals surface area contributed by atoms with Crippen molar-refractivity contribution in [3.05, 3.63) is 63.6 Å². The minimum Gasteiger partial charge on any atom is -0.369 e. The van der Waals surface area contributed by atoms with Crippen molar-refractivity contribution in [2.45, 2.75) is 27.7 Å². The first-order chi connectivity index (χ1) is 14.3.